The van der Waals surface area contributed by atoms with Gasteiger partial charge in [-0.3, -0.25) is 4.79 Å². The molecule has 2 aromatic carbocycles. The van der Waals surface area contributed by atoms with Crippen LogP contribution < -0.4 is 10.1 Å². The molecule has 4 rings (SSSR count). The number of hydrogen-bond donors (Lipinski definition) is 1. The molecule has 0 bridgehead atoms. The quantitative estimate of drug-likeness (QED) is 0.683. The number of benzene rings is 2. The molecule has 1 atom stereocenters. The molecule has 2 heterocycles. The standard InChI is InChI=1S/C21H22N4O3/c26-21(17-6-8-19(9-7-17)28-13-20-5-2-10-27-20)24-18-4-1-3-16(11-18)12-25-15-22-14-23-25/h1,3-4,6-9,11,14-15,20H,2,5,10,12-13H2,(H,24,26). The molecular formula is C21H22N4O3. The number of amides is 1. The molecule has 28 heavy (non-hydrogen) atoms. The van der Waals surface area contributed by atoms with Gasteiger partial charge in [-0.15, -0.1) is 0 Å². The summed E-state index contributed by atoms with van der Waals surface area (Å²) in [6.45, 7) is 1.96. The molecule has 7 nitrogen and oxygen atoms in total. The van der Waals surface area contributed by atoms with Gasteiger partial charge in [0.25, 0.3) is 5.91 Å². The third-order valence-electron chi connectivity index (χ3n) is 4.57. The van der Waals surface area contributed by atoms with Crippen LogP contribution in [0.3, 0.4) is 0 Å². The first-order valence-corrected chi connectivity index (χ1v) is 9.33. The van der Waals surface area contributed by atoms with E-state index >= 15 is 0 Å². The van der Waals surface area contributed by atoms with Crippen molar-refractivity contribution < 1.29 is 14.3 Å². The van der Waals surface area contributed by atoms with Crippen LogP contribution in [0.5, 0.6) is 5.75 Å². The number of nitrogens with zero attached hydrogens (tertiary/aromatic N) is 3. The molecule has 1 amide bonds. The normalized spacial score (nSPS) is 16.1. The second-order valence-corrected chi connectivity index (χ2v) is 6.72. The summed E-state index contributed by atoms with van der Waals surface area (Å²) in [5.41, 5.74) is 2.34. The van der Waals surface area contributed by atoms with Crippen molar-refractivity contribution >= 4 is 11.6 Å². The van der Waals surface area contributed by atoms with Crippen LogP contribution in [0, 0.1) is 0 Å². The molecule has 0 spiro atoms. The molecule has 1 saturated heterocycles. The number of hydrogen-bond acceptors (Lipinski definition) is 5. The zero-order valence-electron chi connectivity index (χ0n) is 15.5. The Morgan fingerprint density at radius 3 is 2.89 bits per heavy atom. The lowest BCUT2D eigenvalue weighted by molar-refractivity contribution is 0.0679. The largest absolute Gasteiger partial charge is 0.491 e. The third kappa shape index (κ3) is 4.75. The highest BCUT2D eigenvalue weighted by atomic mass is 16.5. The summed E-state index contributed by atoms with van der Waals surface area (Å²) in [7, 11) is 0. The highest BCUT2D eigenvalue weighted by Crippen LogP contribution is 2.18. The molecule has 0 aliphatic carbocycles. The first-order chi connectivity index (χ1) is 13.8. The molecule has 1 fully saturated rings. The SMILES string of the molecule is O=C(Nc1cccc(Cn2cncn2)c1)c1ccc(OCC2CCCO2)cc1. The summed E-state index contributed by atoms with van der Waals surface area (Å²) in [4.78, 5) is 16.5. The summed E-state index contributed by atoms with van der Waals surface area (Å²) in [5.74, 6) is 0.575. The van der Waals surface area contributed by atoms with Crippen LogP contribution in [0.2, 0.25) is 0 Å². The van der Waals surface area contributed by atoms with Gasteiger partial charge >= 0.3 is 0 Å². The topological polar surface area (TPSA) is 78.3 Å². The third-order valence-corrected chi connectivity index (χ3v) is 4.57. The summed E-state index contributed by atoms with van der Waals surface area (Å²) < 4.78 is 13.0. The van der Waals surface area contributed by atoms with Crippen LogP contribution in [-0.2, 0) is 11.3 Å². The summed E-state index contributed by atoms with van der Waals surface area (Å²) in [6.07, 6.45) is 5.46. The number of nitrogens with one attached hydrogen (secondary N) is 1. The van der Waals surface area contributed by atoms with Gasteiger partial charge in [-0.25, -0.2) is 9.67 Å². The van der Waals surface area contributed by atoms with E-state index in [2.05, 4.69) is 15.4 Å². The van der Waals surface area contributed by atoms with E-state index in [1.165, 1.54) is 6.33 Å². The molecule has 0 radical (unpaired) electrons. The van der Waals surface area contributed by atoms with E-state index < -0.39 is 0 Å². The summed E-state index contributed by atoms with van der Waals surface area (Å²) in [6, 6.07) is 14.8. The Morgan fingerprint density at radius 1 is 1.25 bits per heavy atom. The van der Waals surface area contributed by atoms with E-state index in [-0.39, 0.29) is 12.0 Å². The van der Waals surface area contributed by atoms with Gasteiger partial charge in [0.15, 0.2) is 0 Å². The van der Waals surface area contributed by atoms with E-state index in [1.807, 2.05) is 36.4 Å². The van der Waals surface area contributed by atoms with Gasteiger partial charge in [0, 0.05) is 17.9 Å². The van der Waals surface area contributed by atoms with Gasteiger partial charge in [0.2, 0.25) is 0 Å². The molecule has 144 valence electrons. The van der Waals surface area contributed by atoms with Crippen molar-refractivity contribution in [3.63, 3.8) is 0 Å². The zero-order chi connectivity index (χ0) is 19.2. The lowest BCUT2D eigenvalue weighted by Crippen LogP contribution is -2.16. The second-order valence-electron chi connectivity index (χ2n) is 6.72. The zero-order valence-corrected chi connectivity index (χ0v) is 15.5. The molecule has 1 N–H and O–H groups in total. The Hall–Kier alpha value is -3.19. The molecular weight excluding hydrogens is 356 g/mol. The number of anilines is 1. The van der Waals surface area contributed by atoms with Gasteiger partial charge in [-0.05, 0) is 54.8 Å². The first kappa shape index (κ1) is 18.2. The molecule has 3 aromatic rings. The fourth-order valence-corrected chi connectivity index (χ4v) is 3.12. The average Bonchev–Trinajstić information content (AvgIpc) is 3.41. The lowest BCUT2D eigenvalue weighted by atomic mass is 10.1. The van der Waals surface area contributed by atoms with Crippen molar-refractivity contribution in [2.75, 3.05) is 18.5 Å². The minimum atomic E-state index is -0.163. The van der Waals surface area contributed by atoms with E-state index in [0.29, 0.717) is 18.7 Å². The maximum atomic E-state index is 12.5. The predicted octanol–water partition coefficient (Wildman–Crippen LogP) is 3.14. The Labute approximate surface area is 163 Å². The number of carbonyl (C=O) groups is 1. The van der Waals surface area contributed by atoms with Crippen LogP contribution in [0.4, 0.5) is 5.69 Å². The van der Waals surface area contributed by atoms with Crippen LogP contribution in [0.1, 0.15) is 28.8 Å². The Bertz CT molecular complexity index is 904. The number of ether oxygens (including phenoxy) is 2. The van der Waals surface area contributed by atoms with Crippen LogP contribution in [0.15, 0.2) is 61.2 Å². The Balaban J connectivity index is 1.34. The van der Waals surface area contributed by atoms with E-state index in [1.54, 1.807) is 23.1 Å². The van der Waals surface area contributed by atoms with Crippen molar-refractivity contribution in [2.45, 2.75) is 25.5 Å². The van der Waals surface area contributed by atoms with Crippen molar-refractivity contribution in [2.24, 2.45) is 0 Å². The van der Waals surface area contributed by atoms with Crippen LogP contribution in [0.25, 0.3) is 0 Å². The fraction of sp³-hybridized carbons (Fsp3) is 0.286. The smallest absolute Gasteiger partial charge is 0.255 e. The number of rotatable bonds is 7. The fourth-order valence-electron chi connectivity index (χ4n) is 3.12. The maximum Gasteiger partial charge on any atom is 0.255 e. The summed E-state index contributed by atoms with van der Waals surface area (Å²) >= 11 is 0. The summed E-state index contributed by atoms with van der Waals surface area (Å²) in [5, 5.41) is 7.03. The number of aromatic nitrogens is 3. The first-order valence-electron chi connectivity index (χ1n) is 9.33. The van der Waals surface area contributed by atoms with Gasteiger partial charge in [0.1, 0.15) is 25.0 Å². The average molecular weight is 378 g/mol. The second kappa shape index (κ2) is 8.67. The molecule has 1 aliphatic heterocycles. The molecule has 1 unspecified atom stereocenters. The highest BCUT2D eigenvalue weighted by Gasteiger charge is 2.16. The van der Waals surface area contributed by atoms with Crippen LogP contribution in [-0.4, -0.2) is 40.0 Å². The molecule has 7 heteroatoms. The Morgan fingerprint density at radius 2 is 2.14 bits per heavy atom. The minimum absolute atomic E-state index is 0.163. The van der Waals surface area contributed by atoms with E-state index in [0.717, 1.165) is 36.4 Å². The molecule has 0 saturated carbocycles. The van der Waals surface area contributed by atoms with Crippen molar-refractivity contribution in [3.8, 4) is 5.75 Å². The van der Waals surface area contributed by atoms with Crippen molar-refractivity contribution in [1.82, 2.24) is 14.8 Å². The van der Waals surface area contributed by atoms with Crippen molar-refractivity contribution in [1.29, 1.82) is 0 Å². The highest BCUT2D eigenvalue weighted by molar-refractivity contribution is 6.04. The van der Waals surface area contributed by atoms with Crippen molar-refractivity contribution in [3.05, 3.63) is 72.3 Å². The Kier molecular flexibility index (Phi) is 5.63. The minimum Gasteiger partial charge on any atom is -0.491 e. The molecule has 1 aromatic heterocycles. The number of carbonyl (C=O) groups excluding carboxylic acids is 1. The van der Waals surface area contributed by atoms with Crippen LogP contribution >= 0.6 is 0 Å². The van der Waals surface area contributed by atoms with Gasteiger partial charge in [0.05, 0.1) is 12.6 Å². The van der Waals surface area contributed by atoms with Gasteiger partial charge in [-0.2, -0.15) is 5.10 Å². The van der Waals surface area contributed by atoms with E-state index in [4.69, 9.17) is 9.47 Å². The molecule has 1 aliphatic rings. The lowest BCUT2D eigenvalue weighted by Gasteiger charge is -2.12. The predicted molar refractivity (Wildman–Crippen MR) is 104 cm³/mol. The van der Waals surface area contributed by atoms with E-state index in [9.17, 15) is 4.79 Å². The van der Waals surface area contributed by atoms with Gasteiger partial charge in [-0.1, -0.05) is 12.1 Å². The monoisotopic (exact) mass is 378 g/mol. The maximum absolute atomic E-state index is 12.5. The van der Waals surface area contributed by atoms with Gasteiger partial charge < -0.3 is 14.8 Å².